The van der Waals surface area contributed by atoms with Gasteiger partial charge in [-0.05, 0) is 6.92 Å². The topological polar surface area (TPSA) is 50.3 Å². The molecule has 9 heteroatoms. The lowest BCUT2D eigenvalue weighted by molar-refractivity contribution is -0.169. The Morgan fingerprint density at radius 2 is 2.05 bits per heavy atom. The van der Waals surface area contributed by atoms with E-state index in [0.29, 0.717) is 5.01 Å². The molecule has 0 aromatic carbocycles. The molecule has 0 aliphatic carbocycles. The number of alkyl halides is 3. The van der Waals surface area contributed by atoms with Gasteiger partial charge in [0.15, 0.2) is 4.21 Å². The van der Waals surface area contributed by atoms with E-state index >= 15 is 0 Å². The molecule has 2 rings (SSSR count). The molecule has 19 heavy (non-hydrogen) atoms. The van der Waals surface area contributed by atoms with Crippen LogP contribution in [-0.4, -0.2) is 37.0 Å². The number of nitrogens with zero attached hydrogens (tertiary/aromatic N) is 2. The number of thiazole rings is 1. The zero-order chi connectivity index (χ0) is 14.5. The van der Waals surface area contributed by atoms with Crippen LogP contribution < -0.4 is 0 Å². The van der Waals surface area contributed by atoms with Gasteiger partial charge in [0.05, 0.1) is 17.6 Å². The van der Waals surface area contributed by atoms with Gasteiger partial charge in [0.25, 0.3) is 10.0 Å². The zero-order valence-electron chi connectivity index (χ0n) is 10.4. The summed E-state index contributed by atoms with van der Waals surface area (Å²) in [6.07, 6.45) is -3.99. The maximum absolute atomic E-state index is 12.3. The summed E-state index contributed by atoms with van der Waals surface area (Å²) in [6, 6.07) is 0. The molecule has 0 saturated carbocycles. The Labute approximate surface area is 113 Å². The molecule has 108 valence electrons. The van der Waals surface area contributed by atoms with Gasteiger partial charge in [0, 0.05) is 18.5 Å². The van der Waals surface area contributed by atoms with E-state index in [1.165, 1.54) is 13.1 Å². The van der Waals surface area contributed by atoms with E-state index in [4.69, 9.17) is 0 Å². The van der Waals surface area contributed by atoms with Crippen LogP contribution in [0.2, 0.25) is 0 Å². The number of sulfonamides is 1. The van der Waals surface area contributed by atoms with Crippen LogP contribution >= 0.6 is 11.3 Å². The van der Waals surface area contributed by atoms with E-state index in [1.54, 1.807) is 6.92 Å². The van der Waals surface area contributed by atoms with Crippen LogP contribution in [0.25, 0.3) is 0 Å². The van der Waals surface area contributed by atoms with Gasteiger partial charge in [-0.25, -0.2) is 13.4 Å². The van der Waals surface area contributed by atoms with Crippen molar-refractivity contribution in [1.29, 1.82) is 0 Å². The Morgan fingerprint density at radius 3 is 2.47 bits per heavy atom. The molecule has 0 atom stereocenters. The highest BCUT2D eigenvalue weighted by Crippen LogP contribution is 2.43. The molecule has 2 heterocycles. The smallest absolute Gasteiger partial charge is 0.249 e. The van der Waals surface area contributed by atoms with Crippen LogP contribution in [0.3, 0.4) is 0 Å². The summed E-state index contributed by atoms with van der Waals surface area (Å²) in [4.78, 5) is 3.85. The van der Waals surface area contributed by atoms with Crippen molar-refractivity contribution in [3.8, 4) is 0 Å². The first-order valence-corrected chi connectivity index (χ1v) is 7.77. The summed E-state index contributed by atoms with van der Waals surface area (Å²) in [5.74, 6) is 0. The zero-order valence-corrected chi connectivity index (χ0v) is 12.0. The van der Waals surface area contributed by atoms with E-state index in [9.17, 15) is 21.6 Å². The van der Waals surface area contributed by atoms with Crippen molar-refractivity contribution in [2.75, 3.05) is 13.1 Å². The lowest BCUT2D eigenvalue weighted by atomic mass is 9.80. The third-order valence-corrected chi connectivity index (χ3v) is 6.08. The van der Waals surface area contributed by atoms with Crippen molar-refractivity contribution in [3.05, 3.63) is 11.2 Å². The SMILES string of the molecule is Cc1ncc(S(=O)(=O)N2CC(C)(CC(F)(F)F)C2)s1. The summed E-state index contributed by atoms with van der Waals surface area (Å²) in [7, 11) is -3.69. The fraction of sp³-hybridized carbons (Fsp3) is 0.700. The van der Waals surface area contributed by atoms with Gasteiger partial charge in [-0.3, -0.25) is 0 Å². The molecule has 1 saturated heterocycles. The summed E-state index contributed by atoms with van der Waals surface area (Å²) < 4.78 is 62.4. The average Bonchev–Trinajstić information content (AvgIpc) is 2.59. The van der Waals surface area contributed by atoms with E-state index < -0.39 is 28.0 Å². The van der Waals surface area contributed by atoms with Crippen LogP contribution in [0.5, 0.6) is 0 Å². The van der Waals surface area contributed by atoms with E-state index in [2.05, 4.69) is 4.98 Å². The molecule has 0 amide bonds. The molecule has 1 aromatic heterocycles. The molecule has 0 N–H and O–H groups in total. The Morgan fingerprint density at radius 1 is 1.47 bits per heavy atom. The first-order valence-electron chi connectivity index (χ1n) is 5.51. The van der Waals surface area contributed by atoms with E-state index in [0.717, 1.165) is 15.6 Å². The van der Waals surface area contributed by atoms with Gasteiger partial charge < -0.3 is 0 Å². The third kappa shape index (κ3) is 3.09. The molecule has 0 unspecified atom stereocenters. The normalized spacial score (nSPS) is 20.3. The molecule has 0 radical (unpaired) electrons. The van der Waals surface area contributed by atoms with Crippen LogP contribution in [0, 0.1) is 12.3 Å². The summed E-state index contributed by atoms with van der Waals surface area (Å²) >= 11 is 1.02. The van der Waals surface area contributed by atoms with E-state index in [1.807, 2.05) is 0 Å². The lowest BCUT2D eigenvalue weighted by Crippen LogP contribution is -2.57. The Kier molecular flexibility index (Phi) is 3.43. The largest absolute Gasteiger partial charge is 0.389 e. The van der Waals surface area contributed by atoms with Crippen LogP contribution in [0.15, 0.2) is 10.4 Å². The number of aromatic nitrogens is 1. The number of rotatable bonds is 3. The van der Waals surface area contributed by atoms with Gasteiger partial charge in [-0.1, -0.05) is 6.92 Å². The maximum Gasteiger partial charge on any atom is 0.389 e. The minimum Gasteiger partial charge on any atom is -0.249 e. The second-order valence-electron chi connectivity index (χ2n) is 5.07. The fourth-order valence-electron chi connectivity index (χ4n) is 2.16. The van der Waals surface area contributed by atoms with Gasteiger partial charge in [-0.15, -0.1) is 11.3 Å². The predicted octanol–water partition coefficient (Wildman–Crippen LogP) is 2.41. The summed E-state index contributed by atoms with van der Waals surface area (Å²) in [5, 5.41) is 0.608. The van der Waals surface area contributed by atoms with Crippen LogP contribution in [-0.2, 0) is 10.0 Å². The van der Waals surface area contributed by atoms with Crippen molar-refractivity contribution < 1.29 is 21.6 Å². The lowest BCUT2D eigenvalue weighted by Gasteiger charge is -2.46. The fourth-order valence-corrected chi connectivity index (χ4v) is 5.16. The van der Waals surface area contributed by atoms with Crippen LogP contribution in [0.1, 0.15) is 18.4 Å². The molecule has 1 aromatic rings. The number of aryl methyl sites for hydroxylation is 1. The Balaban J connectivity index is 2.08. The van der Waals surface area contributed by atoms with E-state index in [-0.39, 0.29) is 17.3 Å². The monoisotopic (exact) mass is 314 g/mol. The highest BCUT2D eigenvalue weighted by molar-refractivity contribution is 7.91. The highest BCUT2D eigenvalue weighted by atomic mass is 32.2. The molecule has 1 aliphatic rings. The molecular formula is C10H13F3N2O2S2. The van der Waals surface area contributed by atoms with Gasteiger partial charge >= 0.3 is 6.18 Å². The first kappa shape index (κ1) is 14.7. The van der Waals surface area contributed by atoms with Gasteiger partial charge in [-0.2, -0.15) is 17.5 Å². The Hall–Kier alpha value is -0.670. The molecule has 1 fully saturated rings. The molecule has 0 spiro atoms. The van der Waals surface area contributed by atoms with Crippen molar-refractivity contribution in [2.24, 2.45) is 5.41 Å². The quantitative estimate of drug-likeness (QED) is 0.861. The van der Waals surface area contributed by atoms with Crippen LogP contribution in [0.4, 0.5) is 13.2 Å². The second kappa shape index (κ2) is 4.42. The first-order chi connectivity index (χ1) is 8.52. The third-order valence-electron chi connectivity index (χ3n) is 2.94. The molecule has 1 aliphatic heterocycles. The van der Waals surface area contributed by atoms with Crippen molar-refractivity contribution in [3.63, 3.8) is 0 Å². The predicted molar refractivity (Wildman–Crippen MR) is 64.4 cm³/mol. The minimum absolute atomic E-state index is 0.0825. The molecule has 0 bridgehead atoms. The molecular weight excluding hydrogens is 301 g/mol. The van der Waals surface area contributed by atoms with Crippen molar-refractivity contribution in [1.82, 2.24) is 9.29 Å². The minimum atomic E-state index is -4.27. The number of hydrogen-bond acceptors (Lipinski definition) is 4. The molecule has 4 nitrogen and oxygen atoms in total. The number of halogens is 3. The summed E-state index contributed by atoms with van der Waals surface area (Å²) in [6.45, 7) is 2.91. The number of hydrogen-bond donors (Lipinski definition) is 0. The highest BCUT2D eigenvalue weighted by Gasteiger charge is 2.50. The van der Waals surface area contributed by atoms with Crippen molar-refractivity contribution in [2.45, 2.75) is 30.7 Å². The summed E-state index contributed by atoms with van der Waals surface area (Å²) in [5.41, 5.74) is -1.02. The Bertz CT molecular complexity index is 574. The maximum atomic E-state index is 12.3. The second-order valence-corrected chi connectivity index (χ2v) is 8.47. The van der Waals surface area contributed by atoms with Gasteiger partial charge in [0.2, 0.25) is 0 Å². The standard InChI is InChI=1S/C10H13F3N2O2S2/c1-7-14-3-8(18-7)19(16,17)15-5-9(2,6-15)4-10(11,12)13/h3H,4-6H2,1-2H3. The van der Waals surface area contributed by atoms with Gasteiger partial charge in [0.1, 0.15) is 0 Å². The van der Waals surface area contributed by atoms with Crippen molar-refractivity contribution >= 4 is 21.4 Å². The average molecular weight is 314 g/mol.